The number of anilines is 1. The van der Waals surface area contributed by atoms with E-state index in [2.05, 4.69) is 34.7 Å². The van der Waals surface area contributed by atoms with Crippen LogP contribution in [0.4, 0.5) is 5.69 Å². The maximum absolute atomic E-state index is 6.01. The number of nitrogens with zero attached hydrogens (tertiary/aromatic N) is 2. The molecule has 1 aromatic heterocycles. The number of ether oxygens (including phenoxy) is 2. The maximum Gasteiger partial charge on any atom is 0.226 e. The Bertz CT molecular complexity index is 839. The van der Waals surface area contributed by atoms with Crippen molar-refractivity contribution in [3.8, 4) is 11.6 Å². The van der Waals surface area contributed by atoms with E-state index in [1.165, 1.54) is 5.57 Å². The van der Waals surface area contributed by atoms with Gasteiger partial charge >= 0.3 is 0 Å². The fourth-order valence-electron chi connectivity index (χ4n) is 2.60. The third kappa shape index (κ3) is 4.46. The molecule has 1 aliphatic heterocycles. The Morgan fingerprint density at radius 3 is 2.81 bits per heavy atom. The fraction of sp³-hybridized carbons (Fsp3) is 0.143. The lowest BCUT2D eigenvalue weighted by Gasteiger charge is -2.16. The van der Waals surface area contributed by atoms with Crippen molar-refractivity contribution in [3.05, 3.63) is 78.8 Å². The predicted molar refractivity (Wildman–Crippen MR) is 106 cm³/mol. The number of benzene rings is 1. The van der Waals surface area contributed by atoms with Crippen LogP contribution in [0.2, 0.25) is 0 Å². The molecule has 0 atom stereocenters. The molecule has 1 aromatic carbocycles. The zero-order valence-corrected chi connectivity index (χ0v) is 14.5. The zero-order valence-electron chi connectivity index (χ0n) is 14.5. The van der Waals surface area contributed by atoms with Gasteiger partial charge in [0.1, 0.15) is 11.6 Å². The van der Waals surface area contributed by atoms with Gasteiger partial charge in [-0.25, -0.2) is 9.98 Å². The van der Waals surface area contributed by atoms with E-state index in [1.807, 2.05) is 36.4 Å². The molecule has 0 aliphatic carbocycles. The first kappa shape index (κ1) is 17.6. The van der Waals surface area contributed by atoms with Crippen molar-refractivity contribution in [3.63, 3.8) is 0 Å². The summed E-state index contributed by atoms with van der Waals surface area (Å²) < 4.78 is 11.4. The Morgan fingerprint density at radius 1 is 1.27 bits per heavy atom. The molecule has 1 aliphatic rings. The molecule has 0 radical (unpaired) electrons. The molecule has 132 valence electrons. The topological polar surface area (TPSA) is 55.7 Å². The minimum atomic E-state index is 0.598. The van der Waals surface area contributed by atoms with Gasteiger partial charge in [-0.05, 0) is 61.2 Å². The molecule has 0 spiro atoms. The van der Waals surface area contributed by atoms with Gasteiger partial charge in [0.2, 0.25) is 5.88 Å². The first-order valence-corrected chi connectivity index (χ1v) is 8.36. The molecule has 0 bridgehead atoms. The standard InChI is InChI=1S/C21H21N3O2/c1-3-5-20(22-2)24-17-7-9-18(10-8-17)26-21-19(6-4-13-23-21)16-11-14-25-15-12-16/h3-11,13,24H,1-2,12,14-15H2/b20-5+. The first-order chi connectivity index (χ1) is 12.8. The van der Waals surface area contributed by atoms with Gasteiger partial charge in [0, 0.05) is 17.4 Å². The van der Waals surface area contributed by atoms with Crippen molar-refractivity contribution in [1.29, 1.82) is 0 Å². The van der Waals surface area contributed by atoms with E-state index in [0.29, 0.717) is 24.1 Å². The number of aromatic nitrogens is 1. The van der Waals surface area contributed by atoms with Crippen LogP contribution in [0.5, 0.6) is 11.6 Å². The van der Waals surface area contributed by atoms with Crippen molar-refractivity contribution < 1.29 is 9.47 Å². The van der Waals surface area contributed by atoms with Crippen LogP contribution in [0.3, 0.4) is 0 Å². The first-order valence-electron chi connectivity index (χ1n) is 8.36. The van der Waals surface area contributed by atoms with Crippen LogP contribution in [0, 0.1) is 0 Å². The summed E-state index contributed by atoms with van der Waals surface area (Å²) >= 11 is 0. The van der Waals surface area contributed by atoms with E-state index >= 15 is 0 Å². The minimum absolute atomic E-state index is 0.598. The van der Waals surface area contributed by atoms with Crippen molar-refractivity contribution in [2.24, 2.45) is 4.99 Å². The number of nitrogens with one attached hydrogen (secondary N) is 1. The number of hydrogen-bond donors (Lipinski definition) is 1. The third-order valence-corrected chi connectivity index (χ3v) is 3.87. The van der Waals surface area contributed by atoms with E-state index in [4.69, 9.17) is 9.47 Å². The zero-order chi connectivity index (χ0) is 18.2. The van der Waals surface area contributed by atoms with Gasteiger partial charge in [-0.15, -0.1) is 0 Å². The Morgan fingerprint density at radius 2 is 2.12 bits per heavy atom. The van der Waals surface area contributed by atoms with Crippen LogP contribution in [-0.4, -0.2) is 24.9 Å². The Balaban J connectivity index is 1.76. The second kappa shape index (κ2) is 8.78. The van der Waals surface area contributed by atoms with Gasteiger partial charge in [0.25, 0.3) is 0 Å². The van der Waals surface area contributed by atoms with E-state index in [9.17, 15) is 0 Å². The van der Waals surface area contributed by atoms with Crippen LogP contribution in [0.1, 0.15) is 12.0 Å². The van der Waals surface area contributed by atoms with Crippen molar-refractivity contribution in [2.75, 3.05) is 18.5 Å². The van der Waals surface area contributed by atoms with Gasteiger partial charge in [0.05, 0.1) is 13.2 Å². The average Bonchev–Trinajstić information content (AvgIpc) is 2.70. The molecule has 0 unspecified atom stereocenters. The Kier molecular flexibility index (Phi) is 5.96. The highest BCUT2D eigenvalue weighted by atomic mass is 16.5. The molecule has 3 rings (SSSR count). The lowest BCUT2D eigenvalue weighted by molar-refractivity contribution is 0.161. The molecule has 1 N–H and O–H groups in total. The molecular weight excluding hydrogens is 326 g/mol. The second-order valence-electron chi connectivity index (χ2n) is 5.61. The number of allylic oxidation sites excluding steroid dienone is 2. The largest absolute Gasteiger partial charge is 0.438 e. The molecule has 2 aromatic rings. The molecular formula is C21H21N3O2. The molecule has 0 fully saturated rings. The van der Waals surface area contributed by atoms with Crippen molar-refractivity contribution in [2.45, 2.75) is 6.42 Å². The average molecular weight is 347 g/mol. The third-order valence-electron chi connectivity index (χ3n) is 3.87. The highest BCUT2D eigenvalue weighted by molar-refractivity contribution is 5.70. The van der Waals surface area contributed by atoms with Crippen LogP contribution >= 0.6 is 0 Å². The van der Waals surface area contributed by atoms with Gasteiger partial charge < -0.3 is 14.8 Å². The number of aliphatic imine (C=N–C) groups is 1. The molecule has 2 heterocycles. The van der Waals surface area contributed by atoms with Crippen molar-refractivity contribution >= 4 is 18.0 Å². The molecule has 5 heteroatoms. The molecule has 26 heavy (non-hydrogen) atoms. The van der Waals surface area contributed by atoms with E-state index in [0.717, 1.165) is 24.3 Å². The summed E-state index contributed by atoms with van der Waals surface area (Å²) in [7, 11) is 0. The van der Waals surface area contributed by atoms with Crippen molar-refractivity contribution in [1.82, 2.24) is 4.98 Å². The smallest absolute Gasteiger partial charge is 0.226 e. The normalized spacial score (nSPS) is 14.3. The van der Waals surface area contributed by atoms with Crippen LogP contribution < -0.4 is 10.1 Å². The lowest BCUT2D eigenvalue weighted by Crippen LogP contribution is -2.05. The predicted octanol–water partition coefficient (Wildman–Crippen LogP) is 4.82. The van der Waals surface area contributed by atoms with E-state index in [-0.39, 0.29) is 0 Å². The summed E-state index contributed by atoms with van der Waals surface area (Å²) in [6, 6.07) is 11.5. The highest BCUT2D eigenvalue weighted by Gasteiger charge is 2.13. The van der Waals surface area contributed by atoms with Gasteiger partial charge in [-0.2, -0.15) is 0 Å². The summed E-state index contributed by atoms with van der Waals surface area (Å²) in [6.07, 6.45) is 8.08. The summed E-state index contributed by atoms with van der Waals surface area (Å²) in [5.41, 5.74) is 3.09. The quantitative estimate of drug-likeness (QED) is 0.576. The molecule has 0 saturated heterocycles. The van der Waals surface area contributed by atoms with Gasteiger partial charge in [-0.3, -0.25) is 0 Å². The molecule has 0 amide bonds. The summed E-state index contributed by atoms with van der Waals surface area (Å²) in [6.45, 7) is 8.53. The SMILES string of the molecule is C=C/C=C(\N=C)Nc1ccc(Oc2ncccc2C2=CCOCC2)cc1. The summed E-state index contributed by atoms with van der Waals surface area (Å²) in [4.78, 5) is 8.29. The van der Waals surface area contributed by atoms with E-state index in [1.54, 1.807) is 18.3 Å². The van der Waals surface area contributed by atoms with Gasteiger partial charge in [0.15, 0.2) is 0 Å². The Hall–Kier alpha value is -3.18. The monoisotopic (exact) mass is 347 g/mol. The minimum Gasteiger partial charge on any atom is -0.438 e. The lowest BCUT2D eigenvalue weighted by atomic mass is 10.0. The van der Waals surface area contributed by atoms with E-state index < -0.39 is 0 Å². The molecule has 0 saturated carbocycles. The maximum atomic E-state index is 6.01. The number of pyridine rings is 1. The van der Waals surface area contributed by atoms with Crippen LogP contribution in [0.15, 0.2) is 78.2 Å². The second-order valence-corrected chi connectivity index (χ2v) is 5.61. The molecule has 5 nitrogen and oxygen atoms in total. The van der Waals surface area contributed by atoms with Crippen LogP contribution in [-0.2, 0) is 4.74 Å². The summed E-state index contributed by atoms with van der Waals surface area (Å²) in [5.74, 6) is 1.94. The number of hydrogen-bond acceptors (Lipinski definition) is 5. The number of rotatable bonds is 7. The Labute approximate surface area is 153 Å². The fourth-order valence-corrected chi connectivity index (χ4v) is 2.60. The highest BCUT2D eigenvalue weighted by Crippen LogP contribution is 2.31. The van der Waals surface area contributed by atoms with Crippen LogP contribution in [0.25, 0.3) is 5.57 Å². The summed E-state index contributed by atoms with van der Waals surface area (Å²) in [5, 5.41) is 3.15. The van der Waals surface area contributed by atoms with Gasteiger partial charge in [-0.1, -0.05) is 18.7 Å².